The highest BCUT2D eigenvalue weighted by Gasteiger charge is 2.34. The molecule has 2 heterocycles. The summed E-state index contributed by atoms with van der Waals surface area (Å²) in [5.41, 5.74) is 2.46. The van der Waals surface area contributed by atoms with Gasteiger partial charge < -0.3 is 10.2 Å². The van der Waals surface area contributed by atoms with Crippen LogP contribution in [0, 0.1) is 11.8 Å². The smallest absolute Gasteiger partial charge is 0.245 e. The highest BCUT2D eigenvalue weighted by Crippen LogP contribution is 2.28. The molecule has 0 radical (unpaired) electrons. The van der Waals surface area contributed by atoms with Gasteiger partial charge >= 0.3 is 0 Å². The lowest BCUT2D eigenvalue weighted by molar-refractivity contribution is -0.131. The lowest BCUT2D eigenvalue weighted by Crippen LogP contribution is -2.43. The molecule has 0 bridgehead atoms. The van der Waals surface area contributed by atoms with E-state index in [4.69, 9.17) is 0 Å². The zero-order valence-corrected chi connectivity index (χ0v) is 11.7. The maximum atomic E-state index is 12.6. The molecular formula is C16H22N2O. The van der Waals surface area contributed by atoms with E-state index in [1.807, 2.05) is 11.0 Å². The molecule has 1 saturated heterocycles. The summed E-state index contributed by atoms with van der Waals surface area (Å²) in [6.07, 6.45) is 1.91. The van der Waals surface area contributed by atoms with Crippen LogP contribution in [0.5, 0.6) is 0 Å². The van der Waals surface area contributed by atoms with Crippen molar-refractivity contribution in [3.8, 4) is 0 Å². The van der Waals surface area contributed by atoms with Gasteiger partial charge in [-0.3, -0.25) is 4.79 Å². The predicted octanol–water partition coefficient (Wildman–Crippen LogP) is 2.53. The standard InChI is InChI=1S/C16H22N2O/c1-11-9-18(10-12(11)2)16(19)15-8-7-13-5-3-4-6-14(13)17-15/h3-6,11-12,15,17H,7-10H2,1-2H3. The molecule has 102 valence electrons. The third kappa shape index (κ3) is 2.34. The Kier molecular flexibility index (Phi) is 3.21. The van der Waals surface area contributed by atoms with Gasteiger partial charge in [-0.2, -0.15) is 0 Å². The number of aryl methyl sites for hydroxylation is 1. The highest BCUT2D eigenvalue weighted by molar-refractivity contribution is 5.86. The molecule has 3 heteroatoms. The van der Waals surface area contributed by atoms with Crippen LogP contribution in [-0.4, -0.2) is 29.9 Å². The van der Waals surface area contributed by atoms with Crippen molar-refractivity contribution in [1.82, 2.24) is 4.90 Å². The normalized spacial score (nSPS) is 29.8. The Bertz CT molecular complexity index is 475. The van der Waals surface area contributed by atoms with Crippen LogP contribution in [0.25, 0.3) is 0 Å². The first-order valence-electron chi connectivity index (χ1n) is 7.28. The van der Waals surface area contributed by atoms with E-state index in [-0.39, 0.29) is 11.9 Å². The number of nitrogens with one attached hydrogen (secondary N) is 1. The fourth-order valence-corrected chi connectivity index (χ4v) is 3.15. The fourth-order valence-electron chi connectivity index (χ4n) is 3.15. The quantitative estimate of drug-likeness (QED) is 0.839. The summed E-state index contributed by atoms with van der Waals surface area (Å²) in [5.74, 6) is 1.53. The van der Waals surface area contributed by atoms with Crippen LogP contribution in [0.3, 0.4) is 0 Å². The zero-order valence-electron chi connectivity index (χ0n) is 11.7. The SMILES string of the molecule is CC1CN(C(=O)C2CCc3ccccc3N2)CC1C. The molecule has 19 heavy (non-hydrogen) atoms. The fraction of sp³-hybridized carbons (Fsp3) is 0.562. The number of anilines is 1. The molecular weight excluding hydrogens is 236 g/mol. The number of benzene rings is 1. The van der Waals surface area contributed by atoms with E-state index in [1.54, 1.807) is 0 Å². The summed E-state index contributed by atoms with van der Waals surface area (Å²) in [6, 6.07) is 8.27. The van der Waals surface area contributed by atoms with Crippen LogP contribution in [0.15, 0.2) is 24.3 Å². The minimum Gasteiger partial charge on any atom is -0.373 e. The van der Waals surface area contributed by atoms with Crippen molar-refractivity contribution in [2.24, 2.45) is 11.8 Å². The molecule has 3 atom stereocenters. The average Bonchev–Trinajstić information content (AvgIpc) is 2.77. The number of carbonyl (C=O) groups excluding carboxylic acids is 1. The summed E-state index contributed by atoms with van der Waals surface area (Å²) in [4.78, 5) is 14.6. The predicted molar refractivity (Wildman–Crippen MR) is 77.1 cm³/mol. The monoisotopic (exact) mass is 258 g/mol. The molecule has 2 aliphatic rings. The van der Waals surface area contributed by atoms with Crippen LogP contribution in [0.2, 0.25) is 0 Å². The second kappa shape index (κ2) is 4.87. The van der Waals surface area contributed by atoms with Crippen LogP contribution < -0.4 is 5.32 Å². The first-order chi connectivity index (χ1) is 9.15. The lowest BCUT2D eigenvalue weighted by Gasteiger charge is -2.29. The Morgan fingerprint density at radius 1 is 1.21 bits per heavy atom. The van der Waals surface area contributed by atoms with Crippen LogP contribution in [0.1, 0.15) is 25.8 Å². The number of nitrogens with zero attached hydrogens (tertiary/aromatic N) is 1. The van der Waals surface area contributed by atoms with Gasteiger partial charge in [0.25, 0.3) is 0 Å². The topological polar surface area (TPSA) is 32.3 Å². The molecule has 0 saturated carbocycles. The number of carbonyl (C=O) groups is 1. The Morgan fingerprint density at radius 3 is 2.63 bits per heavy atom. The number of hydrogen-bond donors (Lipinski definition) is 1. The Hall–Kier alpha value is -1.51. The van der Waals surface area contributed by atoms with E-state index < -0.39 is 0 Å². The summed E-state index contributed by atoms with van der Waals surface area (Å²) < 4.78 is 0. The van der Waals surface area contributed by atoms with Gasteiger partial charge in [-0.05, 0) is 36.3 Å². The number of amides is 1. The third-order valence-corrected chi connectivity index (χ3v) is 4.65. The van der Waals surface area contributed by atoms with E-state index >= 15 is 0 Å². The maximum absolute atomic E-state index is 12.6. The number of fused-ring (bicyclic) bond motifs is 1. The number of para-hydroxylation sites is 1. The van der Waals surface area contributed by atoms with E-state index in [2.05, 4.69) is 37.4 Å². The van der Waals surface area contributed by atoms with E-state index in [0.717, 1.165) is 31.6 Å². The van der Waals surface area contributed by atoms with Crippen molar-refractivity contribution >= 4 is 11.6 Å². The van der Waals surface area contributed by atoms with Gasteiger partial charge in [0.1, 0.15) is 6.04 Å². The van der Waals surface area contributed by atoms with Gasteiger partial charge in [0.2, 0.25) is 5.91 Å². The van der Waals surface area contributed by atoms with Gasteiger partial charge in [-0.1, -0.05) is 32.0 Å². The van der Waals surface area contributed by atoms with Crippen molar-refractivity contribution in [1.29, 1.82) is 0 Å². The van der Waals surface area contributed by atoms with Gasteiger partial charge in [0.15, 0.2) is 0 Å². The Labute approximate surface area is 115 Å². The molecule has 3 rings (SSSR count). The van der Waals surface area contributed by atoms with E-state index in [1.165, 1.54) is 5.56 Å². The van der Waals surface area contributed by atoms with Crippen LogP contribution in [0.4, 0.5) is 5.69 Å². The molecule has 3 nitrogen and oxygen atoms in total. The lowest BCUT2D eigenvalue weighted by atomic mass is 9.97. The second-order valence-corrected chi connectivity index (χ2v) is 6.09. The van der Waals surface area contributed by atoms with Gasteiger partial charge in [-0.25, -0.2) is 0 Å². The van der Waals surface area contributed by atoms with Crippen LogP contribution >= 0.6 is 0 Å². The molecule has 1 fully saturated rings. The second-order valence-electron chi connectivity index (χ2n) is 6.09. The zero-order chi connectivity index (χ0) is 13.4. The van der Waals surface area contributed by atoms with Crippen molar-refractivity contribution in [2.45, 2.75) is 32.7 Å². The summed E-state index contributed by atoms with van der Waals surface area (Å²) in [7, 11) is 0. The summed E-state index contributed by atoms with van der Waals surface area (Å²) >= 11 is 0. The highest BCUT2D eigenvalue weighted by atomic mass is 16.2. The first-order valence-corrected chi connectivity index (χ1v) is 7.28. The molecule has 0 spiro atoms. The van der Waals surface area contributed by atoms with Gasteiger partial charge in [-0.15, -0.1) is 0 Å². The van der Waals surface area contributed by atoms with E-state index in [9.17, 15) is 4.79 Å². The van der Waals surface area contributed by atoms with Gasteiger partial charge in [0, 0.05) is 18.8 Å². The molecule has 1 aromatic carbocycles. The van der Waals surface area contributed by atoms with Crippen molar-refractivity contribution in [2.75, 3.05) is 18.4 Å². The number of hydrogen-bond acceptors (Lipinski definition) is 2. The Morgan fingerprint density at radius 2 is 1.89 bits per heavy atom. The molecule has 2 aliphatic heterocycles. The maximum Gasteiger partial charge on any atom is 0.245 e. The number of likely N-dealkylation sites (tertiary alicyclic amines) is 1. The molecule has 0 aliphatic carbocycles. The van der Waals surface area contributed by atoms with Crippen molar-refractivity contribution in [3.63, 3.8) is 0 Å². The molecule has 3 unspecified atom stereocenters. The molecule has 1 N–H and O–H groups in total. The molecule has 0 aromatic heterocycles. The minimum atomic E-state index is -0.0348. The minimum absolute atomic E-state index is 0.0348. The molecule has 1 amide bonds. The van der Waals surface area contributed by atoms with Crippen molar-refractivity contribution < 1.29 is 4.79 Å². The molecule has 1 aromatic rings. The van der Waals surface area contributed by atoms with Crippen LogP contribution in [-0.2, 0) is 11.2 Å². The van der Waals surface area contributed by atoms with E-state index in [0.29, 0.717) is 11.8 Å². The van der Waals surface area contributed by atoms with Gasteiger partial charge in [0.05, 0.1) is 0 Å². The third-order valence-electron chi connectivity index (χ3n) is 4.65. The summed E-state index contributed by atoms with van der Waals surface area (Å²) in [6.45, 7) is 6.31. The Balaban J connectivity index is 1.70. The average molecular weight is 258 g/mol. The number of rotatable bonds is 1. The first kappa shape index (κ1) is 12.5. The van der Waals surface area contributed by atoms with Crippen molar-refractivity contribution in [3.05, 3.63) is 29.8 Å². The largest absolute Gasteiger partial charge is 0.373 e. The summed E-state index contributed by atoms with van der Waals surface area (Å²) in [5, 5.41) is 3.41.